The molecule has 4 rings (SSSR count). The zero-order valence-electron chi connectivity index (χ0n) is 16.0. The minimum atomic E-state index is -0.0920. The summed E-state index contributed by atoms with van der Waals surface area (Å²) in [5, 5.41) is 4.34. The quantitative estimate of drug-likeness (QED) is 0.543. The molecule has 0 saturated carbocycles. The van der Waals surface area contributed by atoms with Gasteiger partial charge in [0, 0.05) is 10.8 Å². The van der Waals surface area contributed by atoms with Crippen LogP contribution in [-0.2, 0) is 11.3 Å². The van der Waals surface area contributed by atoms with Crippen molar-refractivity contribution in [3.05, 3.63) is 94.1 Å². The highest BCUT2D eigenvalue weighted by Gasteiger charge is 2.15. The number of hydrogen-bond acceptors (Lipinski definition) is 2. The van der Waals surface area contributed by atoms with Crippen molar-refractivity contribution >= 4 is 27.7 Å². The number of benzene rings is 3. The Labute approximate surface area is 163 Å². The number of aryl methyl sites for hydroxylation is 1. The van der Waals surface area contributed by atoms with E-state index in [4.69, 9.17) is 0 Å². The van der Waals surface area contributed by atoms with Crippen LogP contribution < -0.4 is 10.7 Å². The van der Waals surface area contributed by atoms with E-state index >= 15 is 0 Å². The van der Waals surface area contributed by atoms with Crippen LogP contribution in [0.15, 0.2) is 77.6 Å². The van der Waals surface area contributed by atoms with E-state index in [0.717, 1.165) is 22.2 Å². The fraction of sp³-hybridized carbons (Fsp3) is 0.167. The standard InChI is InChI=1S/C24H22N2O2/c1-16-9-3-4-10-18(16)17(2)25-23(27)15-26-21-13-7-5-11-19(21)24(28)20-12-6-8-14-22(20)26/h3-14,17H,15H2,1-2H3,(H,25,27). The zero-order valence-corrected chi connectivity index (χ0v) is 16.0. The molecule has 0 spiro atoms. The number of pyridine rings is 1. The Kier molecular flexibility index (Phi) is 4.70. The average Bonchev–Trinajstić information content (AvgIpc) is 2.71. The lowest BCUT2D eigenvalue weighted by atomic mass is 10.0. The second-order valence-corrected chi connectivity index (χ2v) is 7.10. The Hall–Kier alpha value is -3.40. The predicted molar refractivity (Wildman–Crippen MR) is 113 cm³/mol. The maximum atomic E-state index is 12.9. The van der Waals surface area contributed by atoms with Crippen molar-refractivity contribution in [2.24, 2.45) is 0 Å². The number of rotatable bonds is 4. The Morgan fingerprint density at radius 1 is 0.893 bits per heavy atom. The number of para-hydroxylation sites is 2. The van der Waals surface area contributed by atoms with Gasteiger partial charge in [0.25, 0.3) is 0 Å². The third-order valence-electron chi connectivity index (χ3n) is 5.21. The number of fused-ring (bicyclic) bond motifs is 2. The molecule has 1 unspecified atom stereocenters. The molecular formula is C24H22N2O2. The van der Waals surface area contributed by atoms with E-state index in [2.05, 4.69) is 5.32 Å². The van der Waals surface area contributed by atoms with Gasteiger partial charge in [0.15, 0.2) is 5.43 Å². The van der Waals surface area contributed by atoms with E-state index < -0.39 is 0 Å². The Balaban J connectivity index is 1.73. The van der Waals surface area contributed by atoms with Crippen LogP contribution in [0.2, 0.25) is 0 Å². The normalized spacial score (nSPS) is 12.2. The Morgan fingerprint density at radius 2 is 1.43 bits per heavy atom. The topological polar surface area (TPSA) is 51.1 Å². The molecular weight excluding hydrogens is 348 g/mol. The highest BCUT2D eigenvalue weighted by Crippen LogP contribution is 2.20. The molecule has 1 heterocycles. The van der Waals surface area contributed by atoms with Crippen LogP contribution in [0.25, 0.3) is 21.8 Å². The van der Waals surface area contributed by atoms with Crippen LogP contribution in [-0.4, -0.2) is 10.5 Å². The van der Waals surface area contributed by atoms with E-state index in [-0.39, 0.29) is 23.9 Å². The van der Waals surface area contributed by atoms with Crippen LogP contribution in [0.3, 0.4) is 0 Å². The summed E-state index contributed by atoms with van der Waals surface area (Å²) in [6.45, 7) is 4.18. The van der Waals surface area contributed by atoms with Gasteiger partial charge < -0.3 is 9.88 Å². The maximum absolute atomic E-state index is 12.9. The predicted octanol–water partition coefficient (Wildman–Crippen LogP) is 4.34. The Morgan fingerprint density at radius 3 is 2.04 bits per heavy atom. The van der Waals surface area contributed by atoms with E-state index in [9.17, 15) is 9.59 Å². The second-order valence-electron chi connectivity index (χ2n) is 7.10. The third-order valence-corrected chi connectivity index (χ3v) is 5.21. The highest BCUT2D eigenvalue weighted by molar-refractivity contribution is 5.94. The Bertz CT molecular complexity index is 1180. The minimum absolute atomic E-state index is 0.00358. The summed E-state index contributed by atoms with van der Waals surface area (Å²) in [7, 11) is 0. The maximum Gasteiger partial charge on any atom is 0.240 e. The molecule has 1 atom stereocenters. The highest BCUT2D eigenvalue weighted by atomic mass is 16.2. The number of nitrogens with one attached hydrogen (secondary N) is 1. The van der Waals surface area contributed by atoms with Crippen molar-refractivity contribution in [1.82, 2.24) is 9.88 Å². The summed E-state index contributed by atoms with van der Waals surface area (Å²) in [5.41, 5.74) is 3.78. The zero-order chi connectivity index (χ0) is 19.7. The monoisotopic (exact) mass is 370 g/mol. The second kappa shape index (κ2) is 7.31. The molecule has 0 aliphatic heterocycles. The molecule has 0 radical (unpaired) electrons. The van der Waals surface area contributed by atoms with E-state index in [1.807, 2.05) is 91.2 Å². The summed E-state index contributed by atoms with van der Waals surface area (Å²) < 4.78 is 1.92. The lowest BCUT2D eigenvalue weighted by molar-refractivity contribution is -0.122. The van der Waals surface area contributed by atoms with Gasteiger partial charge in [0.2, 0.25) is 5.91 Å². The minimum Gasteiger partial charge on any atom is -0.348 e. The van der Waals surface area contributed by atoms with E-state index in [1.165, 1.54) is 0 Å². The molecule has 28 heavy (non-hydrogen) atoms. The molecule has 0 aliphatic carbocycles. The first-order valence-corrected chi connectivity index (χ1v) is 9.41. The first kappa shape index (κ1) is 18.0. The molecule has 0 aliphatic rings. The summed E-state index contributed by atoms with van der Waals surface area (Å²) in [6, 6.07) is 22.8. The average molecular weight is 370 g/mol. The summed E-state index contributed by atoms with van der Waals surface area (Å²) >= 11 is 0. The van der Waals surface area contributed by atoms with Crippen LogP contribution in [0.4, 0.5) is 0 Å². The SMILES string of the molecule is Cc1ccccc1C(C)NC(=O)Cn1c2ccccc2c(=O)c2ccccc21. The first-order chi connectivity index (χ1) is 13.6. The number of carbonyl (C=O) groups excluding carboxylic acids is 1. The number of hydrogen-bond donors (Lipinski definition) is 1. The van der Waals surface area contributed by atoms with Gasteiger partial charge in [-0.2, -0.15) is 0 Å². The molecule has 1 N–H and O–H groups in total. The molecule has 0 saturated heterocycles. The van der Waals surface area contributed by atoms with Crippen LogP contribution >= 0.6 is 0 Å². The third kappa shape index (κ3) is 3.18. The summed E-state index contributed by atoms with van der Waals surface area (Å²) in [4.78, 5) is 25.7. The van der Waals surface area contributed by atoms with Gasteiger partial charge in [-0.1, -0.05) is 48.5 Å². The van der Waals surface area contributed by atoms with Gasteiger partial charge >= 0.3 is 0 Å². The van der Waals surface area contributed by atoms with Crippen molar-refractivity contribution < 1.29 is 4.79 Å². The van der Waals surface area contributed by atoms with E-state index in [0.29, 0.717) is 10.8 Å². The molecule has 1 aromatic heterocycles. The molecule has 1 amide bonds. The van der Waals surface area contributed by atoms with Crippen LogP contribution in [0.1, 0.15) is 24.1 Å². The first-order valence-electron chi connectivity index (χ1n) is 9.41. The number of nitrogens with zero attached hydrogens (tertiary/aromatic N) is 1. The number of carbonyl (C=O) groups is 1. The molecule has 3 aromatic carbocycles. The molecule has 4 heteroatoms. The van der Waals surface area contributed by atoms with Gasteiger partial charge in [-0.25, -0.2) is 0 Å². The number of aromatic nitrogens is 1. The van der Waals surface area contributed by atoms with Gasteiger partial charge in [-0.05, 0) is 49.2 Å². The van der Waals surface area contributed by atoms with Crippen LogP contribution in [0.5, 0.6) is 0 Å². The van der Waals surface area contributed by atoms with Gasteiger partial charge in [-0.3, -0.25) is 9.59 Å². The van der Waals surface area contributed by atoms with Crippen molar-refractivity contribution in [1.29, 1.82) is 0 Å². The summed E-state index contributed by atoms with van der Waals surface area (Å²) in [6.07, 6.45) is 0. The molecule has 0 bridgehead atoms. The molecule has 0 fully saturated rings. The molecule has 4 aromatic rings. The van der Waals surface area contributed by atoms with Crippen LogP contribution in [0, 0.1) is 6.92 Å². The molecule has 4 nitrogen and oxygen atoms in total. The lowest BCUT2D eigenvalue weighted by Crippen LogP contribution is -2.31. The van der Waals surface area contributed by atoms with E-state index in [1.54, 1.807) is 0 Å². The fourth-order valence-corrected chi connectivity index (χ4v) is 3.83. The smallest absolute Gasteiger partial charge is 0.240 e. The van der Waals surface area contributed by atoms with Crippen molar-refractivity contribution in [2.45, 2.75) is 26.4 Å². The van der Waals surface area contributed by atoms with Crippen molar-refractivity contribution in [2.75, 3.05) is 0 Å². The van der Waals surface area contributed by atoms with Gasteiger partial charge in [-0.15, -0.1) is 0 Å². The number of amides is 1. The van der Waals surface area contributed by atoms with Crippen molar-refractivity contribution in [3.63, 3.8) is 0 Å². The lowest BCUT2D eigenvalue weighted by Gasteiger charge is -2.19. The molecule has 140 valence electrons. The fourth-order valence-electron chi connectivity index (χ4n) is 3.83. The summed E-state index contributed by atoms with van der Waals surface area (Å²) in [5.74, 6) is -0.0882. The van der Waals surface area contributed by atoms with Gasteiger partial charge in [0.1, 0.15) is 6.54 Å². The van der Waals surface area contributed by atoms with Gasteiger partial charge in [0.05, 0.1) is 17.1 Å². The van der Waals surface area contributed by atoms with Crippen molar-refractivity contribution in [3.8, 4) is 0 Å². The largest absolute Gasteiger partial charge is 0.348 e.